The minimum atomic E-state index is -0.309. The van der Waals surface area contributed by atoms with Crippen LogP contribution >= 0.6 is 0 Å². The molecular formula is C21H19FN2O2. The normalized spacial score (nSPS) is 10.5. The van der Waals surface area contributed by atoms with Gasteiger partial charge in [0.25, 0.3) is 5.91 Å². The average molecular weight is 350 g/mol. The molecule has 0 unspecified atom stereocenters. The Balaban J connectivity index is 1.45. The van der Waals surface area contributed by atoms with Gasteiger partial charge in [-0.05, 0) is 40.6 Å². The lowest BCUT2D eigenvalue weighted by atomic mass is 10.1. The van der Waals surface area contributed by atoms with Crippen LogP contribution in [0.2, 0.25) is 0 Å². The Kier molecular flexibility index (Phi) is 5.59. The van der Waals surface area contributed by atoms with E-state index in [-0.39, 0.29) is 30.6 Å². The molecule has 0 fully saturated rings. The maximum atomic E-state index is 12.8. The summed E-state index contributed by atoms with van der Waals surface area (Å²) in [4.78, 5) is 24.0. The fourth-order valence-corrected chi connectivity index (χ4v) is 2.61. The van der Waals surface area contributed by atoms with Gasteiger partial charge in [0.15, 0.2) is 0 Å². The molecule has 26 heavy (non-hydrogen) atoms. The van der Waals surface area contributed by atoms with Gasteiger partial charge in [-0.15, -0.1) is 0 Å². The maximum Gasteiger partial charge on any atom is 0.251 e. The van der Waals surface area contributed by atoms with Crippen LogP contribution in [0.5, 0.6) is 0 Å². The first-order valence-corrected chi connectivity index (χ1v) is 8.40. The Morgan fingerprint density at radius 2 is 1.58 bits per heavy atom. The smallest absolute Gasteiger partial charge is 0.251 e. The molecule has 0 aliphatic heterocycles. The molecule has 0 spiro atoms. The summed E-state index contributed by atoms with van der Waals surface area (Å²) in [6.45, 7) is 0.582. The lowest BCUT2D eigenvalue weighted by molar-refractivity contribution is -0.121. The monoisotopic (exact) mass is 350 g/mol. The lowest BCUT2D eigenvalue weighted by Gasteiger charge is -2.08. The van der Waals surface area contributed by atoms with Crippen LogP contribution < -0.4 is 10.6 Å². The number of rotatable bonds is 6. The van der Waals surface area contributed by atoms with Gasteiger partial charge in [-0.25, -0.2) is 4.39 Å². The van der Waals surface area contributed by atoms with Crippen molar-refractivity contribution in [3.05, 3.63) is 83.7 Å². The van der Waals surface area contributed by atoms with Gasteiger partial charge in [0.05, 0.1) is 0 Å². The largest absolute Gasteiger partial charge is 0.352 e. The van der Waals surface area contributed by atoms with Gasteiger partial charge in [0.2, 0.25) is 5.91 Å². The second kappa shape index (κ2) is 8.25. The molecule has 132 valence electrons. The predicted molar refractivity (Wildman–Crippen MR) is 99.1 cm³/mol. The number of hydrogen-bond donors (Lipinski definition) is 2. The number of carbonyl (C=O) groups is 2. The number of halogens is 1. The van der Waals surface area contributed by atoms with Gasteiger partial charge in [0, 0.05) is 25.1 Å². The number of fused-ring (bicyclic) bond motifs is 1. The summed E-state index contributed by atoms with van der Waals surface area (Å²) in [5, 5.41) is 7.57. The summed E-state index contributed by atoms with van der Waals surface area (Å²) in [6.07, 6.45) is 0.181. The van der Waals surface area contributed by atoms with Crippen molar-refractivity contribution < 1.29 is 14.0 Å². The topological polar surface area (TPSA) is 58.2 Å². The highest BCUT2D eigenvalue weighted by atomic mass is 19.1. The third-order valence-electron chi connectivity index (χ3n) is 4.05. The summed E-state index contributed by atoms with van der Waals surface area (Å²) < 4.78 is 12.8. The molecule has 3 aromatic carbocycles. The van der Waals surface area contributed by atoms with Crippen LogP contribution in [0, 0.1) is 5.82 Å². The van der Waals surface area contributed by atoms with E-state index in [0.29, 0.717) is 12.1 Å². The maximum absolute atomic E-state index is 12.8. The van der Waals surface area contributed by atoms with E-state index in [1.807, 2.05) is 36.4 Å². The molecule has 0 aromatic heterocycles. The fourth-order valence-electron chi connectivity index (χ4n) is 2.61. The van der Waals surface area contributed by atoms with Crippen LogP contribution in [0.15, 0.2) is 66.7 Å². The number of carbonyl (C=O) groups excluding carboxylic acids is 2. The van der Waals surface area contributed by atoms with Crippen molar-refractivity contribution in [3.8, 4) is 0 Å². The van der Waals surface area contributed by atoms with Crippen molar-refractivity contribution in [2.75, 3.05) is 6.54 Å². The highest BCUT2D eigenvalue weighted by molar-refractivity contribution is 5.98. The predicted octanol–water partition coefficient (Wildman–Crippen LogP) is 3.42. The van der Waals surface area contributed by atoms with E-state index in [9.17, 15) is 14.0 Å². The van der Waals surface area contributed by atoms with E-state index >= 15 is 0 Å². The molecule has 0 atom stereocenters. The van der Waals surface area contributed by atoms with E-state index in [1.54, 1.807) is 18.2 Å². The van der Waals surface area contributed by atoms with Gasteiger partial charge < -0.3 is 10.6 Å². The molecule has 2 N–H and O–H groups in total. The Bertz CT molecular complexity index is 923. The summed E-state index contributed by atoms with van der Waals surface area (Å²) >= 11 is 0. The molecule has 5 heteroatoms. The van der Waals surface area contributed by atoms with Crippen molar-refractivity contribution in [2.45, 2.75) is 13.0 Å². The minimum Gasteiger partial charge on any atom is -0.352 e. The highest BCUT2D eigenvalue weighted by Gasteiger charge is 2.07. The molecular weight excluding hydrogens is 331 g/mol. The first kappa shape index (κ1) is 17.6. The molecule has 0 aliphatic carbocycles. The third kappa shape index (κ3) is 4.66. The van der Waals surface area contributed by atoms with Crippen LogP contribution in [-0.2, 0) is 11.3 Å². The first-order chi connectivity index (χ1) is 12.6. The standard InChI is InChI=1S/C21H19FN2O2/c22-19-9-5-15(6-10-19)14-24-20(25)11-12-23-21(26)18-8-7-16-3-1-2-4-17(16)13-18/h1-10,13H,11-12,14H2,(H,23,26)(H,24,25). The van der Waals surface area contributed by atoms with Gasteiger partial charge >= 0.3 is 0 Å². The van der Waals surface area contributed by atoms with Crippen LogP contribution in [0.25, 0.3) is 10.8 Å². The summed E-state index contributed by atoms with van der Waals surface area (Å²) in [6, 6.07) is 19.3. The van der Waals surface area contributed by atoms with Crippen molar-refractivity contribution in [1.82, 2.24) is 10.6 Å². The van der Waals surface area contributed by atoms with E-state index in [0.717, 1.165) is 16.3 Å². The van der Waals surface area contributed by atoms with Crippen LogP contribution in [-0.4, -0.2) is 18.4 Å². The number of nitrogens with one attached hydrogen (secondary N) is 2. The molecule has 2 amide bonds. The van der Waals surface area contributed by atoms with E-state index in [1.165, 1.54) is 12.1 Å². The van der Waals surface area contributed by atoms with E-state index in [2.05, 4.69) is 10.6 Å². The quantitative estimate of drug-likeness (QED) is 0.716. The highest BCUT2D eigenvalue weighted by Crippen LogP contribution is 2.15. The van der Waals surface area contributed by atoms with Crippen molar-refractivity contribution >= 4 is 22.6 Å². The second-order valence-corrected chi connectivity index (χ2v) is 5.97. The summed E-state index contributed by atoms with van der Waals surface area (Å²) in [5.41, 5.74) is 1.38. The molecule has 0 saturated heterocycles. The molecule has 0 radical (unpaired) electrons. The van der Waals surface area contributed by atoms with Gasteiger partial charge in [-0.2, -0.15) is 0 Å². The van der Waals surface area contributed by atoms with Crippen LogP contribution in [0.1, 0.15) is 22.3 Å². The molecule has 4 nitrogen and oxygen atoms in total. The van der Waals surface area contributed by atoms with Crippen LogP contribution in [0.3, 0.4) is 0 Å². The van der Waals surface area contributed by atoms with Gasteiger partial charge in [-0.3, -0.25) is 9.59 Å². The van der Waals surface area contributed by atoms with Crippen molar-refractivity contribution in [1.29, 1.82) is 0 Å². The SMILES string of the molecule is O=C(CCNC(=O)c1ccc2ccccc2c1)NCc1ccc(F)cc1. The zero-order valence-electron chi connectivity index (χ0n) is 14.2. The first-order valence-electron chi connectivity index (χ1n) is 8.40. The fraction of sp³-hybridized carbons (Fsp3) is 0.143. The molecule has 0 aliphatic rings. The number of hydrogen-bond acceptors (Lipinski definition) is 2. The number of benzene rings is 3. The zero-order valence-corrected chi connectivity index (χ0v) is 14.2. The lowest BCUT2D eigenvalue weighted by Crippen LogP contribution is -2.30. The Morgan fingerprint density at radius 3 is 2.35 bits per heavy atom. The van der Waals surface area contributed by atoms with Crippen molar-refractivity contribution in [2.24, 2.45) is 0 Å². The minimum absolute atomic E-state index is 0.173. The molecule has 0 heterocycles. The molecule has 3 aromatic rings. The van der Waals surface area contributed by atoms with Gasteiger partial charge in [0.1, 0.15) is 5.82 Å². The third-order valence-corrected chi connectivity index (χ3v) is 4.05. The van der Waals surface area contributed by atoms with E-state index in [4.69, 9.17) is 0 Å². The summed E-state index contributed by atoms with van der Waals surface area (Å²) in [7, 11) is 0. The number of amides is 2. The molecule has 0 bridgehead atoms. The Hall–Kier alpha value is -3.21. The summed E-state index contributed by atoms with van der Waals surface area (Å²) in [5.74, 6) is -0.688. The molecule has 0 saturated carbocycles. The van der Waals surface area contributed by atoms with Crippen molar-refractivity contribution in [3.63, 3.8) is 0 Å². The zero-order chi connectivity index (χ0) is 18.4. The Labute approximate surface area is 151 Å². The van der Waals surface area contributed by atoms with Gasteiger partial charge in [-0.1, -0.05) is 42.5 Å². The van der Waals surface area contributed by atoms with Crippen LogP contribution in [0.4, 0.5) is 4.39 Å². The second-order valence-electron chi connectivity index (χ2n) is 5.97. The van der Waals surface area contributed by atoms with E-state index < -0.39 is 0 Å². The average Bonchev–Trinajstić information content (AvgIpc) is 2.67. The molecule has 3 rings (SSSR count). The Morgan fingerprint density at radius 1 is 0.846 bits per heavy atom.